The van der Waals surface area contributed by atoms with Crippen LogP contribution in [0.5, 0.6) is 0 Å². The van der Waals surface area contributed by atoms with Crippen LogP contribution in [0.4, 0.5) is 0 Å². The Morgan fingerprint density at radius 2 is 2.35 bits per heavy atom. The molecule has 5 nitrogen and oxygen atoms in total. The number of nitrogens with zero attached hydrogens (tertiary/aromatic N) is 2. The van der Waals surface area contributed by atoms with Crippen LogP contribution in [0.2, 0.25) is 5.15 Å². The van der Waals surface area contributed by atoms with Crippen LogP contribution < -0.4 is 10.6 Å². The molecule has 2 aromatic rings. The number of rotatable bonds is 5. The predicted octanol–water partition coefficient (Wildman–Crippen LogP) is 2.86. The van der Waals surface area contributed by atoms with Crippen LogP contribution in [0, 0.1) is 11.3 Å². The van der Waals surface area contributed by atoms with Crippen molar-refractivity contribution in [3.05, 3.63) is 41.3 Å². The minimum atomic E-state index is 0.444. The summed E-state index contributed by atoms with van der Waals surface area (Å²) in [6.45, 7) is 3.09. The first-order chi connectivity index (χ1) is 11.3. The maximum Gasteiger partial charge on any atom is 0.129 e. The Morgan fingerprint density at radius 3 is 3.13 bits per heavy atom. The van der Waals surface area contributed by atoms with E-state index in [1.54, 1.807) is 12.3 Å². The Balaban J connectivity index is 1.74. The van der Waals surface area contributed by atoms with E-state index in [2.05, 4.69) is 20.6 Å². The number of nitrogens with one attached hydrogen (secondary N) is 3. The summed E-state index contributed by atoms with van der Waals surface area (Å²) in [7, 11) is 0. The Morgan fingerprint density at radius 1 is 1.43 bits per heavy atom. The van der Waals surface area contributed by atoms with Gasteiger partial charge in [0.2, 0.25) is 0 Å². The van der Waals surface area contributed by atoms with Crippen molar-refractivity contribution in [2.45, 2.75) is 12.8 Å². The second-order valence-electron chi connectivity index (χ2n) is 5.76. The molecule has 3 rings (SSSR count). The third-order valence-electron chi connectivity index (χ3n) is 4.06. The van der Waals surface area contributed by atoms with Crippen LogP contribution in [0.3, 0.4) is 0 Å². The lowest BCUT2D eigenvalue weighted by atomic mass is 10.00. The Labute approximate surface area is 140 Å². The van der Waals surface area contributed by atoms with E-state index < -0.39 is 0 Å². The molecule has 0 bridgehead atoms. The molecular formula is C17H20ClN5. The van der Waals surface area contributed by atoms with E-state index in [0.717, 1.165) is 41.8 Å². The van der Waals surface area contributed by atoms with Crippen molar-refractivity contribution in [3.8, 4) is 0 Å². The lowest BCUT2D eigenvalue weighted by molar-refractivity contribution is 0.372. The summed E-state index contributed by atoms with van der Waals surface area (Å²) >= 11 is 5.94. The first-order valence-corrected chi connectivity index (χ1v) is 8.21. The highest BCUT2D eigenvalue weighted by molar-refractivity contribution is 6.29. The topological polar surface area (TPSA) is 73.7 Å². The maximum atomic E-state index is 7.65. The highest BCUT2D eigenvalue weighted by Crippen LogP contribution is 2.18. The number of pyridine rings is 2. The molecular weight excluding hydrogens is 310 g/mol. The van der Waals surface area contributed by atoms with Crippen LogP contribution in [0.15, 0.2) is 30.6 Å². The third kappa shape index (κ3) is 4.06. The summed E-state index contributed by atoms with van der Waals surface area (Å²) < 4.78 is 0. The SMILES string of the molecule is N=C/C(=C\NCC1CCCNC1)c1cnc2ccc(Cl)nc2c1. The van der Waals surface area contributed by atoms with Crippen LogP contribution in [-0.4, -0.2) is 35.8 Å². The molecule has 1 fully saturated rings. The van der Waals surface area contributed by atoms with E-state index in [1.165, 1.54) is 19.1 Å². The van der Waals surface area contributed by atoms with Crippen molar-refractivity contribution in [2.75, 3.05) is 19.6 Å². The van der Waals surface area contributed by atoms with Crippen LogP contribution in [0.25, 0.3) is 16.6 Å². The number of aromatic nitrogens is 2. The molecule has 0 spiro atoms. The zero-order valence-corrected chi connectivity index (χ0v) is 13.6. The highest BCUT2D eigenvalue weighted by atomic mass is 35.5. The van der Waals surface area contributed by atoms with Crippen LogP contribution in [-0.2, 0) is 0 Å². The third-order valence-corrected chi connectivity index (χ3v) is 4.27. The molecule has 2 aromatic heterocycles. The molecule has 3 heterocycles. The van der Waals surface area contributed by atoms with Gasteiger partial charge in [-0.2, -0.15) is 0 Å². The van der Waals surface area contributed by atoms with Gasteiger partial charge in [0.15, 0.2) is 0 Å². The summed E-state index contributed by atoms with van der Waals surface area (Å²) in [6.07, 6.45) is 7.45. The summed E-state index contributed by atoms with van der Waals surface area (Å²) in [4.78, 5) is 8.66. The summed E-state index contributed by atoms with van der Waals surface area (Å²) in [5.41, 5.74) is 3.17. The maximum absolute atomic E-state index is 7.65. The average molecular weight is 330 g/mol. The molecule has 0 radical (unpaired) electrons. The Kier molecular flexibility index (Phi) is 5.20. The number of fused-ring (bicyclic) bond motifs is 1. The molecule has 1 aliphatic heterocycles. The number of hydrogen-bond acceptors (Lipinski definition) is 5. The molecule has 1 saturated heterocycles. The molecule has 1 unspecified atom stereocenters. The van der Waals surface area contributed by atoms with Gasteiger partial charge in [-0.05, 0) is 50.0 Å². The molecule has 1 atom stereocenters. The molecule has 120 valence electrons. The van der Waals surface area contributed by atoms with Gasteiger partial charge in [0.25, 0.3) is 0 Å². The van der Waals surface area contributed by atoms with E-state index in [0.29, 0.717) is 11.1 Å². The lowest BCUT2D eigenvalue weighted by Crippen LogP contribution is -2.34. The van der Waals surface area contributed by atoms with E-state index in [9.17, 15) is 0 Å². The molecule has 6 heteroatoms. The molecule has 0 amide bonds. The molecule has 0 aliphatic carbocycles. The number of allylic oxidation sites excluding steroid dienone is 1. The van der Waals surface area contributed by atoms with Gasteiger partial charge in [-0.3, -0.25) is 4.98 Å². The Hall–Kier alpha value is -1.98. The molecule has 1 aliphatic rings. The fourth-order valence-electron chi connectivity index (χ4n) is 2.78. The van der Waals surface area contributed by atoms with Crippen LogP contribution >= 0.6 is 11.6 Å². The lowest BCUT2D eigenvalue weighted by Gasteiger charge is -2.22. The predicted molar refractivity (Wildman–Crippen MR) is 94.9 cm³/mol. The van der Waals surface area contributed by atoms with Crippen molar-refractivity contribution >= 4 is 34.4 Å². The molecule has 0 aromatic carbocycles. The van der Waals surface area contributed by atoms with Gasteiger partial charge in [-0.1, -0.05) is 11.6 Å². The normalized spacial score (nSPS) is 18.8. The van der Waals surface area contributed by atoms with Gasteiger partial charge in [0.05, 0.1) is 11.0 Å². The van der Waals surface area contributed by atoms with Crippen molar-refractivity contribution in [3.63, 3.8) is 0 Å². The van der Waals surface area contributed by atoms with Crippen molar-refractivity contribution in [1.29, 1.82) is 5.41 Å². The zero-order valence-electron chi connectivity index (χ0n) is 12.8. The van der Waals surface area contributed by atoms with E-state index in [4.69, 9.17) is 17.0 Å². The monoisotopic (exact) mass is 329 g/mol. The smallest absolute Gasteiger partial charge is 0.129 e. The second-order valence-corrected chi connectivity index (χ2v) is 6.15. The average Bonchev–Trinajstić information content (AvgIpc) is 2.59. The van der Waals surface area contributed by atoms with Gasteiger partial charge in [-0.25, -0.2) is 4.98 Å². The largest absolute Gasteiger partial charge is 0.390 e. The van der Waals surface area contributed by atoms with Crippen molar-refractivity contribution < 1.29 is 0 Å². The molecule has 3 N–H and O–H groups in total. The van der Waals surface area contributed by atoms with Gasteiger partial charge < -0.3 is 16.0 Å². The fraction of sp³-hybridized carbons (Fsp3) is 0.353. The molecule has 23 heavy (non-hydrogen) atoms. The summed E-state index contributed by atoms with van der Waals surface area (Å²) in [5, 5.41) is 14.8. The van der Waals surface area contributed by atoms with Gasteiger partial charge in [0, 0.05) is 36.3 Å². The van der Waals surface area contributed by atoms with E-state index >= 15 is 0 Å². The zero-order chi connectivity index (χ0) is 16.1. The van der Waals surface area contributed by atoms with Crippen molar-refractivity contribution in [1.82, 2.24) is 20.6 Å². The summed E-state index contributed by atoms with van der Waals surface area (Å²) in [6, 6.07) is 5.48. The quantitative estimate of drug-likeness (QED) is 0.582. The van der Waals surface area contributed by atoms with E-state index in [1.807, 2.05) is 18.3 Å². The van der Waals surface area contributed by atoms with E-state index in [-0.39, 0.29) is 0 Å². The molecule has 0 saturated carbocycles. The fourth-order valence-corrected chi connectivity index (χ4v) is 2.94. The number of hydrogen-bond donors (Lipinski definition) is 3. The van der Waals surface area contributed by atoms with Gasteiger partial charge in [-0.15, -0.1) is 0 Å². The first kappa shape index (κ1) is 15.9. The van der Waals surface area contributed by atoms with Crippen molar-refractivity contribution in [2.24, 2.45) is 5.92 Å². The number of piperidine rings is 1. The standard InChI is InChI=1S/C17H20ClN5/c18-17-4-3-15-16(23-17)6-13(11-22-15)14(7-19)10-21-9-12-2-1-5-20-8-12/h3-4,6-7,10-12,19-21H,1-2,5,8-9H2/b14-10+,19-7?. The minimum absolute atomic E-state index is 0.444. The van der Waals surface area contributed by atoms with Gasteiger partial charge in [0.1, 0.15) is 5.15 Å². The summed E-state index contributed by atoms with van der Waals surface area (Å²) in [5.74, 6) is 0.641. The van der Waals surface area contributed by atoms with Gasteiger partial charge >= 0.3 is 0 Å². The Bertz CT molecular complexity index is 722. The minimum Gasteiger partial charge on any atom is -0.390 e. The first-order valence-electron chi connectivity index (χ1n) is 7.83. The highest BCUT2D eigenvalue weighted by Gasteiger charge is 2.11. The second kappa shape index (κ2) is 7.53. The van der Waals surface area contributed by atoms with Crippen LogP contribution in [0.1, 0.15) is 18.4 Å². The number of halogens is 1.